The Kier molecular flexibility index (Phi) is 4.79. The Morgan fingerprint density at radius 1 is 1.44 bits per heavy atom. The molecule has 0 heterocycles. The highest BCUT2D eigenvalue weighted by Crippen LogP contribution is 2.27. The van der Waals surface area contributed by atoms with E-state index in [9.17, 15) is 9.59 Å². The first-order valence-electron chi connectivity index (χ1n) is 4.61. The fraction of sp³-hybridized carbons (Fsp3) is 0.273. The third-order valence-corrected chi connectivity index (χ3v) is 2.04. The lowest BCUT2D eigenvalue weighted by Crippen LogP contribution is -2.09. The number of halogens is 1. The van der Waals surface area contributed by atoms with E-state index in [1.165, 1.54) is 19.2 Å². The molecule has 0 saturated carbocycles. The zero-order valence-electron chi connectivity index (χ0n) is 8.73. The molecule has 5 heteroatoms. The summed E-state index contributed by atoms with van der Waals surface area (Å²) in [6.45, 7) is 0. The van der Waals surface area contributed by atoms with Crippen molar-refractivity contribution in [3.63, 3.8) is 0 Å². The number of methoxy groups -OCH3 is 1. The smallest absolute Gasteiger partial charge is 0.312 e. The number of hydrogen-bond acceptors (Lipinski definition) is 4. The van der Waals surface area contributed by atoms with Gasteiger partial charge in [-0.2, -0.15) is 0 Å². The van der Waals surface area contributed by atoms with E-state index >= 15 is 0 Å². The van der Waals surface area contributed by atoms with Crippen molar-refractivity contribution in [2.45, 2.75) is 6.42 Å². The van der Waals surface area contributed by atoms with Gasteiger partial charge in [-0.1, -0.05) is 0 Å². The average molecular weight is 243 g/mol. The molecule has 0 aliphatic carbocycles. The Labute approximate surface area is 98.1 Å². The van der Waals surface area contributed by atoms with Crippen molar-refractivity contribution < 1.29 is 19.1 Å². The summed E-state index contributed by atoms with van der Waals surface area (Å²) in [6, 6.07) is 4.55. The first kappa shape index (κ1) is 12.5. The third-order valence-electron chi connectivity index (χ3n) is 1.85. The third kappa shape index (κ3) is 3.24. The van der Waals surface area contributed by atoms with Gasteiger partial charge in [0.2, 0.25) is 0 Å². The molecule has 0 radical (unpaired) electrons. The van der Waals surface area contributed by atoms with Crippen LogP contribution < -0.4 is 9.47 Å². The maximum atomic E-state index is 11.2. The molecule has 1 rings (SSSR count). The van der Waals surface area contributed by atoms with Crippen molar-refractivity contribution >= 4 is 23.9 Å². The lowest BCUT2D eigenvalue weighted by atomic mass is 10.2. The Morgan fingerprint density at radius 2 is 2.19 bits per heavy atom. The SMILES string of the molecule is COc1cc(C=O)ccc1OC(=O)CCCl. The molecule has 4 nitrogen and oxygen atoms in total. The second-order valence-corrected chi connectivity index (χ2v) is 3.32. The van der Waals surface area contributed by atoms with Crippen LogP contribution in [0.25, 0.3) is 0 Å². The zero-order valence-corrected chi connectivity index (χ0v) is 9.49. The summed E-state index contributed by atoms with van der Waals surface area (Å²) in [7, 11) is 1.43. The molecule has 0 fully saturated rings. The normalized spacial score (nSPS) is 9.62. The number of carbonyl (C=O) groups is 2. The van der Waals surface area contributed by atoms with Crippen LogP contribution in [-0.4, -0.2) is 25.2 Å². The molecular formula is C11H11ClO4. The van der Waals surface area contributed by atoms with Gasteiger partial charge in [0.15, 0.2) is 11.5 Å². The van der Waals surface area contributed by atoms with E-state index in [1.807, 2.05) is 0 Å². The Morgan fingerprint density at radius 3 is 2.75 bits per heavy atom. The van der Waals surface area contributed by atoms with Crippen molar-refractivity contribution in [2.24, 2.45) is 0 Å². The van der Waals surface area contributed by atoms with Crippen LogP contribution >= 0.6 is 11.6 Å². The van der Waals surface area contributed by atoms with Crippen LogP contribution in [0, 0.1) is 0 Å². The van der Waals surface area contributed by atoms with Gasteiger partial charge in [-0.15, -0.1) is 11.6 Å². The molecule has 86 valence electrons. The number of rotatable bonds is 5. The van der Waals surface area contributed by atoms with E-state index in [2.05, 4.69) is 0 Å². The van der Waals surface area contributed by atoms with Crippen molar-refractivity contribution in [1.82, 2.24) is 0 Å². The highest BCUT2D eigenvalue weighted by Gasteiger charge is 2.10. The Bertz CT molecular complexity index is 390. The van der Waals surface area contributed by atoms with E-state index < -0.39 is 5.97 Å². The highest BCUT2D eigenvalue weighted by atomic mass is 35.5. The number of esters is 1. The number of carbonyl (C=O) groups excluding carboxylic acids is 2. The summed E-state index contributed by atoms with van der Waals surface area (Å²) in [4.78, 5) is 21.7. The monoisotopic (exact) mass is 242 g/mol. The molecule has 1 aromatic rings. The fourth-order valence-corrected chi connectivity index (χ4v) is 1.25. The molecule has 0 unspecified atom stereocenters. The minimum absolute atomic E-state index is 0.125. The summed E-state index contributed by atoms with van der Waals surface area (Å²) in [5.41, 5.74) is 0.453. The predicted molar refractivity (Wildman–Crippen MR) is 59.4 cm³/mol. The van der Waals surface area contributed by atoms with Crippen LogP contribution in [0.3, 0.4) is 0 Å². The maximum Gasteiger partial charge on any atom is 0.312 e. The van der Waals surface area contributed by atoms with Gasteiger partial charge in [0.25, 0.3) is 0 Å². The minimum Gasteiger partial charge on any atom is -0.493 e. The number of ether oxygens (including phenoxy) is 2. The Hall–Kier alpha value is -1.55. The average Bonchev–Trinajstić information content (AvgIpc) is 2.30. The van der Waals surface area contributed by atoms with Gasteiger partial charge in [0, 0.05) is 11.4 Å². The van der Waals surface area contributed by atoms with Crippen molar-refractivity contribution in [1.29, 1.82) is 0 Å². The second-order valence-electron chi connectivity index (χ2n) is 2.94. The lowest BCUT2D eigenvalue weighted by molar-refractivity contribution is -0.134. The molecular weight excluding hydrogens is 232 g/mol. The minimum atomic E-state index is -0.438. The summed E-state index contributed by atoms with van der Waals surface area (Å²) >= 11 is 5.41. The highest BCUT2D eigenvalue weighted by molar-refractivity contribution is 6.18. The Balaban J connectivity index is 2.87. The number of hydrogen-bond donors (Lipinski definition) is 0. The van der Waals surface area contributed by atoms with Crippen molar-refractivity contribution in [3.8, 4) is 11.5 Å². The first-order chi connectivity index (χ1) is 7.71. The van der Waals surface area contributed by atoms with Gasteiger partial charge in [-0.3, -0.25) is 9.59 Å². The lowest BCUT2D eigenvalue weighted by Gasteiger charge is -2.08. The topological polar surface area (TPSA) is 52.6 Å². The maximum absolute atomic E-state index is 11.2. The van der Waals surface area contributed by atoms with Crippen LogP contribution in [0.15, 0.2) is 18.2 Å². The molecule has 16 heavy (non-hydrogen) atoms. The quantitative estimate of drug-likeness (QED) is 0.343. The molecule has 0 aliphatic rings. The van der Waals surface area contributed by atoms with Crippen LogP contribution in [0.1, 0.15) is 16.8 Å². The van der Waals surface area contributed by atoms with Gasteiger partial charge in [0.05, 0.1) is 13.5 Å². The molecule has 0 aliphatic heterocycles. The molecule has 0 amide bonds. The van der Waals surface area contributed by atoms with E-state index in [-0.39, 0.29) is 18.1 Å². The molecule has 0 saturated heterocycles. The van der Waals surface area contributed by atoms with Gasteiger partial charge in [-0.25, -0.2) is 0 Å². The molecule has 0 aromatic heterocycles. The number of alkyl halides is 1. The van der Waals surface area contributed by atoms with Crippen LogP contribution in [0.4, 0.5) is 0 Å². The predicted octanol–water partition coefficient (Wildman–Crippen LogP) is 2.04. The molecule has 0 bridgehead atoms. The number of benzene rings is 1. The largest absolute Gasteiger partial charge is 0.493 e. The van der Waals surface area contributed by atoms with Crippen molar-refractivity contribution in [2.75, 3.05) is 13.0 Å². The molecule has 0 N–H and O–H groups in total. The van der Waals surface area contributed by atoms with Gasteiger partial charge in [0.1, 0.15) is 6.29 Å². The molecule has 0 spiro atoms. The summed E-state index contributed by atoms with van der Waals surface area (Å²) in [6.07, 6.45) is 0.813. The molecule has 1 aromatic carbocycles. The van der Waals surface area contributed by atoms with Gasteiger partial charge < -0.3 is 9.47 Å². The zero-order chi connectivity index (χ0) is 12.0. The summed E-state index contributed by atoms with van der Waals surface area (Å²) in [5.74, 6) is 0.385. The van der Waals surface area contributed by atoms with Crippen molar-refractivity contribution in [3.05, 3.63) is 23.8 Å². The molecule has 0 atom stereocenters. The van der Waals surface area contributed by atoms with E-state index in [0.717, 1.165) is 0 Å². The van der Waals surface area contributed by atoms with Gasteiger partial charge >= 0.3 is 5.97 Å². The van der Waals surface area contributed by atoms with Crippen LogP contribution in [0.5, 0.6) is 11.5 Å². The van der Waals surface area contributed by atoms with E-state index in [0.29, 0.717) is 17.6 Å². The van der Waals surface area contributed by atoms with Gasteiger partial charge in [-0.05, 0) is 18.2 Å². The first-order valence-corrected chi connectivity index (χ1v) is 5.14. The van der Waals surface area contributed by atoms with Crippen LogP contribution in [-0.2, 0) is 4.79 Å². The van der Waals surface area contributed by atoms with Crippen LogP contribution in [0.2, 0.25) is 0 Å². The second kappa shape index (κ2) is 6.12. The van der Waals surface area contributed by atoms with E-state index in [1.54, 1.807) is 6.07 Å². The fourth-order valence-electron chi connectivity index (χ4n) is 1.09. The van der Waals surface area contributed by atoms with E-state index in [4.69, 9.17) is 21.1 Å². The number of aldehydes is 1. The standard InChI is InChI=1S/C11H11ClO4/c1-15-10-6-8(7-13)2-3-9(10)16-11(14)4-5-12/h2-3,6-7H,4-5H2,1H3. The summed E-state index contributed by atoms with van der Waals surface area (Å²) in [5, 5.41) is 0. The summed E-state index contributed by atoms with van der Waals surface area (Å²) < 4.78 is 10.0.